The molecule has 27 heavy (non-hydrogen) atoms. The molecule has 0 amide bonds. The van der Waals surface area contributed by atoms with Gasteiger partial charge < -0.3 is 4.74 Å². The van der Waals surface area contributed by atoms with Gasteiger partial charge in [-0.05, 0) is 38.5 Å². The largest absolute Gasteiger partial charge is 0.458 e. The van der Waals surface area contributed by atoms with Crippen LogP contribution in [-0.2, 0) is 16.1 Å². The van der Waals surface area contributed by atoms with Crippen LogP contribution in [0.25, 0.3) is 20.4 Å². The number of thioether (sulfide) groups is 1. The van der Waals surface area contributed by atoms with Crippen molar-refractivity contribution in [1.82, 2.24) is 15.0 Å². The molecule has 0 aliphatic carbocycles. The summed E-state index contributed by atoms with van der Waals surface area (Å²) in [7, 11) is 0. The quantitative estimate of drug-likeness (QED) is 0.258. The van der Waals surface area contributed by atoms with E-state index in [1.807, 2.05) is 31.2 Å². The average molecular weight is 416 g/mol. The van der Waals surface area contributed by atoms with Gasteiger partial charge in [0, 0.05) is 10.3 Å². The lowest BCUT2D eigenvalue weighted by Gasteiger charge is -2.05. The minimum absolute atomic E-state index is 0.202. The van der Waals surface area contributed by atoms with Crippen molar-refractivity contribution in [3.05, 3.63) is 45.5 Å². The number of thiazole rings is 1. The number of para-hydroxylation sites is 1. The first-order valence-electron chi connectivity index (χ1n) is 8.38. The molecule has 0 saturated heterocycles. The van der Waals surface area contributed by atoms with Gasteiger partial charge in [0.05, 0.1) is 16.0 Å². The lowest BCUT2D eigenvalue weighted by atomic mass is 10.2. The Bertz CT molecular complexity index is 1120. The standard InChI is InChI=1S/C19H17N3O2S3/c1-10-11(2)26-19-17(10)18(20-12(3)21-19)25-9-16(23)24-8-15-22-13-6-4-5-7-14(13)27-15/h4-7H,8-9H2,1-3H3. The molecule has 3 aromatic heterocycles. The zero-order chi connectivity index (χ0) is 19.0. The fourth-order valence-corrected chi connectivity index (χ4v) is 5.66. The van der Waals surface area contributed by atoms with E-state index in [1.165, 1.54) is 22.2 Å². The number of benzene rings is 1. The van der Waals surface area contributed by atoms with E-state index in [0.29, 0.717) is 5.82 Å². The molecule has 0 spiro atoms. The summed E-state index contributed by atoms with van der Waals surface area (Å²) >= 11 is 4.62. The number of aromatic nitrogens is 3. The van der Waals surface area contributed by atoms with Crippen molar-refractivity contribution in [2.75, 3.05) is 5.75 Å². The van der Waals surface area contributed by atoms with Gasteiger partial charge >= 0.3 is 5.97 Å². The maximum Gasteiger partial charge on any atom is 0.316 e. The Morgan fingerprint density at radius 1 is 1.11 bits per heavy atom. The van der Waals surface area contributed by atoms with E-state index in [9.17, 15) is 4.79 Å². The minimum Gasteiger partial charge on any atom is -0.458 e. The molecular formula is C19H17N3O2S3. The molecule has 0 aliphatic heterocycles. The van der Waals surface area contributed by atoms with Gasteiger partial charge in [0.1, 0.15) is 27.3 Å². The normalized spacial score (nSPS) is 11.4. The van der Waals surface area contributed by atoms with E-state index >= 15 is 0 Å². The Hall–Kier alpha value is -2.03. The van der Waals surface area contributed by atoms with Gasteiger partial charge in [-0.3, -0.25) is 4.79 Å². The number of carbonyl (C=O) groups is 1. The van der Waals surface area contributed by atoms with Gasteiger partial charge in [-0.15, -0.1) is 22.7 Å². The van der Waals surface area contributed by atoms with Gasteiger partial charge in [-0.1, -0.05) is 23.9 Å². The third-order valence-corrected chi connectivity index (χ3v) is 7.19. The van der Waals surface area contributed by atoms with Crippen molar-refractivity contribution >= 4 is 60.8 Å². The lowest BCUT2D eigenvalue weighted by Crippen LogP contribution is -2.07. The van der Waals surface area contributed by atoms with Gasteiger partial charge in [0.25, 0.3) is 0 Å². The summed E-state index contributed by atoms with van der Waals surface area (Å²) in [6.45, 7) is 6.23. The van der Waals surface area contributed by atoms with Crippen LogP contribution in [0.15, 0.2) is 29.3 Å². The Morgan fingerprint density at radius 3 is 2.74 bits per heavy atom. The van der Waals surface area contributed by atoms with Crippen molar-refractivity contribution in [2.45, 2.75) is 32.4 Å². The lowest BCUT2D eigenvalue weighted by molar-refractivity contribution is -0.141. The molecule has 0 atom stereocenters. The Morgan fingerprint density at radius 2 is 1.93 bits per heavy atom. The van der Waals surface area contributed by atoms with E-state index in [2.05, 4.69) is 28.8 Å². The summed E-state index contributed by atoms with van der Waals surface area (Å²) in [6.07, 6.45) is 0. The highest BCUT2D eigenvalue weighted by Crippen LogP contribution is 2.35. The SMILES string of the molecule is Cc1nc(SCC(=O)OCc2nc3ccccc3s2)c2c(C)c(C)sc2n1. The summed E-state index contributed by atoms with van der Waals surface area (Å²) in [5.74, 6) is 0.660. The zero-order valence-corrected chi connectivity index (χ0v) is 17.6. The summed E-state index contributed by atoms with van der Waals surface area (Å²) in [5, 5.41) is 2.70. The summed E-state index contributed by atoms with van der Waals surface area (Å²) in [4.78, 5) is 27.9. The molecule has 0 fully saturated rings. The topological polar surface area (TPSA) is 65.0 Å². The summed E-state index contributed by atoms with van der Waals surface area (Å²) < 4.78 is 6.50. The second-order valence-electron chi connectivity index (χ2n) is 6.06. The van der Waals surface area contributed by atoms with Crippen LogP contribution < -0.4 is 0 Å². The van der Waals surface area contributed by atoms with Crippen LogP contribution in [0.2, 0.25) is 0 Å². The first kappa shape index (κ1) is 18.3. The maximum atomic E-state index is 12.2. The predicted octanol–water partition coefficient (Wildman–Crippen LogP) is 5.06. The number of esters is 1. The van der Waals surface area contributed by atoms with E-state index in [0.717, 1.165) is 30.5 Å². The first-order valence-corrected chi connectivity index (χ1v) is 11.0. The molecule has 0 N–H and O–H groups in total. The van der Waals surface area contributed by atoms with Gasteiger partial charge in [-0.2, -0.15) is 0 Å². The van der Waals surface area contributed by atoms with E-state index < -0.39 is 0 Å². The van der Waals surface area contributed by atoms with Crippen molar-refractivity contribution in [3.8, 4) is 0 Å². The molecule has 1 aromatic carbocycles. The molecule has 5 nitrogen and oxygen atoms in total. The third-order valence-electron chi connectivity index (χ3n) is 4.13. The third kappa shape index (κ3) is 3.83. The minimum atomic E-state index is -0.270. The van der Waals surface area contributed by atoms with Gasteiger partial charge in [-0.25, -0.2) is 15.0 Å². The van der Waals surface area contributed by atoms with Crippen LogP contribution in [0.1, 0.15) is 21.3 Å². The van der Waals surface area contributed by atoms with E-state index in [1.54, 1.807) is 22.7 Å². The number of aryl methyl sites for hydroxylation is 3. The number of ether oxygens (including phenoxy) is 1. The summed E-state index contributed by atoms with van der Waals surface area (Å²) in [6, 6.07) is 7.90. The number of thiophene rings is 1. The molecular weight excluding hydrogens is 398 g/mol. The van der Waals surface area contributed by atoms with Crippen molar-refractivity contribution in [3.63, 3.8) is 0 Å². The molecule has 0 bridgehead atoms. The van der Waals surface area contributed by atoms with Gasteiger partial charge in [0.2, 0.25) is 0 Å². The fraction of sp³-hybridized carbons (Fsp3) is 0.263. The highest BCUT2D eigenvalue weighted by atomic mass is 32.2. The fourth-order valence-electron chi connectivity index (χ4n) is 2.71. The first-order chi connectivity index (χ1) is 13.0. The number of hydrogen-bond acceptors (Lipinski definition) is 8. The molecule has 0 unspecified atom stereocenters. The van der Waals surface area contributed by atoms with Gasteiger partial charge in [0.15, 0.2) is 0 Å². The van der Waals surface area contributed by atoms with Crippen LogP contribution in [0.4, 0.5) is 0 Å². The van der Waals surface area contributed by atoms with Crippen LogP contribution in [0.3, 0.4) is 0 Å². The second kappa shape index (κ2) is 7.53. The van der Waals surface area contributed by atoms with Crippen LogP contribution in [0.5, 0.6) is 0 Å². The molecule has 0 saturated carbocycles. The number of carbonyl (C=O) groups excluding carboxylic acids is 1. The van der Waals surface area contributed by atoms with Crippen LogP contribution >= 0.6 is 34.4 Å². The molecule has 3 heterocycles. The van der Waals surface area contributed by atoms with Crippen molar-refractivity contribution in [2.24, 2.45) is 0 Å². The predicted molar refractivity (Wildman–Crippen MR) is 112 cm³/mol. The maximum absolute atomic E-state index is 12.2. The van der Waals surface area contributed by atoms with Crippen LogP contribution in [-0.4, -0.2) is 26.7 Å². The smallest absolute Gasteiger partial charge is 0.316 e. The van der Waals surface area contributed by atoms with Crippen molar-refractivity contribution < 1.29 is 9.53 Å². The molecule has 0 aliphatic rings. The summed E-state index contributed by atoms with van der Waals surface area (Å²) in [5.41, 5.74) is 2.12. The molecule has 8 heteroatoms. The number of rotatable bonds is 5. The van der Waals surface area contributed by atoms with Crippen LogP contribution in [0, 0.1) is 20.8 Å². The molecule has 0 radical (unpaired) electrons. The Kier molecular flexibility index (Phi) is 5.12. The second-order valence-corrected chi connectivity index (χ2v) is 9.35. The molecule has 4 aromatic rings. The number of nitrogens with zero attached hydrogens (tertiary/aromatic N) is 3. The Balaban J connectivity index is 1.42. The Labute approximate surface area is 168 Å². The monoisotopic (exact) mass is 415 g/mol. The molecule has 4 rings (SSSR count). The van der Waals surface area contributed by atoms with E-state index in [4.69, 9.17) is 4.74 Å². The average Bonchev–Trinajstić information content (AvgIpc) is 3.18. The zero-order valence-electron chi connectivity index (χ0n) is 15.1. The van der Waals surface area contributed by atoms with Crippen molar-refractivity contribution in [1.29, 1.82) is 0 Å². The number of hydrogen-bond donors (Lipinski definition) is 0. The molecule has 138 valence electrons. The highest BCUT2D eigenvalue weighted by molar-refractivity contribution is 8.00. The van der Waals surface area contributed by atoms with E-state index in [-0.39, 0.29) is 18.3 Å². The number of fused-ring (bicyclic) bond motifs is 2. The highest BCUT2D eigenvalue weighted by Gasteiger charge is 2.16.